The van der Waals surface area contributed by atoms with Gasteiger partial charge in [0.2, 0.25) is 0 Å². The van der Waals surface area contributed by atoms with Gasteiger partial charge in [-0.3, -0.25) is 9.82 Å². The number of hydrogen-bond acceptors (Lipinski definition) is 5. The van der Waals surface area contributed by atoms with Crippen molar-refractivity contribution in [2.75, 3.05) is 11.0 Å². The lowest BCUT2D eigenvalue weighted by Gasteiger charge is -2.11. The Balaban J connectivity index is 1.68. The van der Waals surface area contributed by atoms with Crippen molar-refractivity contribution in [1.29, 1.82) is 0 Å². The number of nitrogens with one attached hydrogen (secondary N) is 2. The van der Waals surface area contributed by atoms with Crippen LogP contribution in [0.3, 0.4) is 0 Å². The van der Waals surface area contributed by atoms with Crippen molar-refractivity contribution >= 4 is 60.2 Å². The summed E-state index contributed by atoms with van der Waals surface area (Å²) in [5.74, 6) is 0. The number of fused-ring (bicyclic) bond motifs is 1. The number of sulfonamides is 1. The Hall–Kier alpha value is -3.14. The van der Waals surface area contributed by atoms with E-state index in [0.717, 1.165) is 17.3 Å². The first-order valence-electron chi connectivity index (χ1n) is 9.37. The van der Waals surface area contributed by atoms with Crippen molar-refractivity contribution in [3.8, 4) is 0 Å². The first-order valence-corrected chi connectivity index (χ1v) is 13.1. The minimum absolute atomic E-state index is 0.261. The molecule has 2 N–H and O–H groups in total. The molecule has 0 spiro atoms. The molecule has 0 atom stereocenters. The fourth-order valence-electron chi connectivity index (χ4n) is 3.16. The molecule has 10 heteroatoms. The normalized spacial score (nSPS) is 12.4. The quantitative estimate of drug-likeness (QED) is 0.413. The Morgan fingerprint density at radius 3 is 2.28 bits per heavy atom. The molecule has 0 saturated carbocycles. The van der Waals surface area contributed by atoms with Gasteiger partial charge in [-0.1, -0.05) is 41.9 Å². The largest absolute Gasteiger partial charge is 0.280 e. The number of benzene rings is 3. The minimum atomic E-state index is -4.14. The summed E-state index contributed by atoms with van der Waals surface area (Å²) in [7, 11) is -7.87. The van der Waals surface area contributed by atoms with E-state index in [4.69, 9.17) is 11.6 Å². The van der Waals surface area contributed by atoms with E-state index >= 15 is 0 Å². The Kier molecular flexibility index (Phi) is 5.81. The molecular formula is C22H18ClN3O4S2. The van der Waals surface area contributed by atoms with Gasteiger partial charge in [0.05, 0.1) is 16.1 Å². The molecule has 1 aromatic heterocycles. The minimum Gasteiger partial charge on any atom is -0.280 e. The van der Waals surface area contributed by atoms with Gasteiger partial charge in [0.25, 0.3) is 10.0 Å². The van der Waals surface area contributed by atoms with E-state index in [0.29, 0.717) is 16.1 Å². The van der Waals surface area contributed by atoms with E-state index in [1.165, 1.54) is 24.3 Å². The third-order valence-corrected chi connectivity index (χ3v) is 7.66. The van der Waals surface area contributed by atoms with Crippen LogP contribution in [-0.4, -0.2) is 33.3 Å². The fourth-order valence-corrected chi connectivity index (χ4v) is 5.97. The van der Waals surface area contributed by atoms with E-state index in [2.05, 4.69) is 14.9 Å². The van der Waals surface area contributed by atoms with Crippen LogP contribution in [0.15, 0.2) is 76.5 Å². The van der Waals surface area contributed by atoms with Gasteiger partial charge in [0.15, 0.2) is 9.84 Å². The number of nitrogens with zero attached hydrogens (tertiary/aromatic N) is 1. The van der Waals surface area contributed by atoms with Crippen LogP contribution in [-0.2, 0) is 19.9 Å². The Morgan fingerprint density at radius 1 is 0.906 bits per heavy atom. The molecule has 1 heterocycles. The van der Waals surface area contributed by atoms with Gasteiger partial charge in [-0.05, 0) is 54.1 Å². The van der Waals surface area contributed by atoms with Crippen LogP contribution >= 0.6 is 11.6 Å². The summed E-state index contributed by atoms with van der Waals surface area (Å²) in [4.78, 5) is -0.568. The zero-order valence-corrected chi connectivity index (χ0v) is 19.2. The maximum atomic E-state index is 12.9. The Labute approximate surface area is 190 Å². The Morgan fingerprint density at radius 2 is 1.59 bits per heavy atom. The monoisotopic (exact) mass is 487 g/mol. The molecule has 0 amide bonds. The standard InChI is InChI=1S/C22H18ClN3O4S2/c1-31(27,28)21-4-2-3-5-22(21)32(29,30)26-17-11-13-20-18(14-17)19(24-25-20)12-8-15-6-9-16(23)10-7-15/h2-14,26H,1H3,(H,24,25). The molecule has 4 aromatic rings. The second-order valence-electron chi connectivity index (χ2n) is 7.08. The summed E-state index contributed by atoms with van der Waals surface area (Å²) in [6.45, 7) is 0. The van der Waals surface area contributed by atoms with Gasteiger partial charge in [-0.2, -0.15) is 5.10 Å². The third kappa shape index (κ3) is 4.69. The highest BCUT2D eigenvalue weighted by Gasteiger charge is 2.23. The van der Waals surface area contributed by atoms with Gasteiger partial charge in [-0.25, -0.2) is 16.8 Å². The second kappa shape index (κ2) is 8.42. The van der Waals surface area contributed by atoms with E-state index in [9.17, 15) is 16.8 Å². The molecule has 0 aliphatic rings. The highest BCUT2D eigenvalue weighted by molar-refractivity contribution is 7.95. The predicted octanol–water partition coefficient (Wildman–Crippen LogP) is 4.59. The van der Waals surface area contributed by atoms with Crippen LogP contribution in [0.4, 0.5) is 5.69 Å². The smallest absolute Gasteiger partial charge is 0.263 e. The van der Waals surface area contributed by atoms with Gasteiger partial charge < -0.3 is 0 Å². The maximum Gasteiger partial charge on any atom is 0.263 e. The van der Waals surface area contributed by atoms with Crippen LogP contribution in [0.25, 0.3) is 23.1 Å². The van der Waals surface area contributed by atoms with Crippen molar-refractivity contribution in [2.24, 2.45) is 0 Å². The highest BCUT2D eigenvalue weighted by Crippen LogP contribution is 2.26. The molecule has 0 fully saturated rings. The van der Waals surface area contributed by atoms with Crippen LogP contribution in [0, 0.1) is 0 Å². The van der Waals surface area contributed by atoms with Crippen molar-refractivity contribution in [3.05, 3.63) is 83.0 Å². The topological polar surface area (TPSA) is 109 Å². The van der Waals surface area contributed by atoms with E-state index in [1.807, 2.05) is 18.2 Å². The molecule has 4 rings (SSSR count). The van der Waals surface area contributed by atoms with Gasteiger partial charge >= 0.3 is 0 Å². The maximum absolute atomic E-state index is 12.9. The summed E-state index contributed by atoms with van der Waals surface area (Å²) in [6, 6.07) is 17.7. The average Bonchev–Trinajstić information content (AvgIpc) is 3.15. The van der Waals surface area contributed by atoms with Crippen molar-refractivity contribution in [1.82, 2.24) is 10.2 Å². The summed E-state index contributed by atoms with van der Waals surface area (Å²) < 4.78 is 52.4. The highest BCUT2D eigenvalue weighted by atomic mass is 35.5. The molecular weight excluding hydrogens is 470 g/mol. The number of aromatic nitrogens is 2. The lowest BCUT2D eigenvalue weighted by atomic mass is 10.1. The second-order valence-corrected chi connectivity index (χ2v) is 11.1. The number of halogens is 1. The average molecular weight is 488 g/mol. The molecule has 0 radical (unpaired) electrons. The predicted molar refractivity (Wildman–Crippen MR) is 127 cm³/mol. The summed E-state index contributed by atoms with van der Waals surface area (Å²) in [6.07, 6.45) is 4.64. The number of hydrogen-bond donors (Lipinski definition) is 2. The summed E-state index contributed by atoms with van der Waals surface area (Å²) in [5, 5.41) is 8.52. The molecule has 0 bridgehead atoms. The number of rotatable bonds is 6. The van der Waals surface area contributed by atoms with Crippen molar-refractivity contribution in [2.45, 2.75) is 9.79 Å². The first kappa shape index (κ1) is 22.1. The SMILES string of the molecule is CS(=O)(=O)c1ccccc1S(=O)(=O)Nc1ccc2[nH]nc(C=Cc3ccc(Cl)cc3)c2c1. The molecule has 164 valence electrons. The lowest BCUT2D eigenvalue weighted by Crippen LogP contribution is -2.16. The van der Waals surface area contributed by atoms with E-state index in [-0.39, 0.29) is 15.5 Å². The zero-order chi connectivity index (χ0) is 22.9. The molecule has 0 unspecified atom stereocenters. The zero-order valence-electron chi connectivity index (χ0n) is 16.8. The third-order valence-electron chi connectivity index (χ3n) is 4.69. The van der Waals surface area contributed by atoms with Crippen molar-refractivity contribution < 1.29 is 16.8 Å². The van der Waals surface area contributed by atoms with E-state index < -0.39 is 19.9 Å². The van der Waals surface area contributed by atoms with E-state index in [1.54, 1.807) is 36.4 Å². The van der Waals surface area contributed by atoms with Crippen LogP contribution in [0.2, 0.25) is 5.02 Å². The van der Waals surface area contributed by atoms with Gasteiger partial charge in [0.1, 0.15) is 4.90 Å². The first-order chi connectivity index (χ1) is 15.1. The van der Waals surface area contributed by atoms with Crippen LogP contribution in [0.5, 0.6) is 0 Å². The lowest BCUT2D eigenvalue weighted by molar-refractivity contribution is 0.588. The molecule has 0 aliphatic carbocycles. The molecule has 0 saturated heterocycles. The molecule has 7 nitrogen and oxygen atoms in total. The summed E-state index contributed by atoms with van der Waals surface area (Å²) >= 11 is 5.91. The van der Waals surface area contributed by atoms with Crippen molar-refractivity contribution in [3.63, 3.8) is 0 Å². The van der Waals surface area contributed by atoms with Gasteiger partial charge in [0, 0.05) is 22.4 Å². The molecule has 32 heavy (non-hydrogen) atoms. The number of sulfone groups is 1. The fraction of sp³-hybridized carbons (Fsp3) is 0.0455. The van der Waals surface area contributed by atoms with Gasteiger partial charge in [-0.15, -0.1) is 0 Å². The Bertz CT molecular complexity index is 1540. The molecule has 0 aliphatic heterocycles. The van der Waals surface area contributed by atoms with Crippen LogP contribution in [0.1, 0.15) is 11.3 Å². The number of aromatic amines is 1. The summed E-state index contributed by atoms with van der Waals surface area (Å²) in [5.41, 5.74) is 2.55. The number of anilines is 1. The molecule has 3 aromatic carbocycles. The van der Waals surface area contributed by atoms with Crippen LogP contribution < -0.4 is 4.72 Å². The number of H-pyrrole nitrogens is 1.